The number of rotatable bonds is 6. The standard InChI is InChI=1S/C11H21NO2/c1-3-12(4-2)8-9-14-11(13)10-6-5-7-10/h10H,3-9H2,1-2H3. The van der Waals surface area contributed by atoms with Crippen molar-refractivity contribution in [3.8, 4) is 0 Å². The number of likely N-dealkylation sites (N-methyl/N-ethyl adjacent to an activating group) is 1. The topological polar surface area (TPSA) is 29.5 Å². The fourth-order valence-electron chi connectivity index (χ4n) is 1.58. The van der Waals surface area contributed by atoms with Gasteiger partial charge in [-0.05, 0) is 25.9 Å². The summed E-state index contributed by atoms with van der Waals surface area (Å²) in [6, 6.07) is 0. The molecule has 0 amide bonds. The summed E-state index contributed by atoms with van der Waals surface area (Å²) in [7, 11) is 0. The van der Waals surface area contributed by atoms with Crippen LogP contribution in [0.4, 0.5) is 0 Å². The number of carbonyl (C=O) groups excluding carboxylic acids is 1. The van der Waals surface area contributed by atoms with Crippen LogP contribution in [0.1, 0.15) is 33.1 Å². The second kappa shape index (κ2) is 6.02. The largest absolute Gasteiger partial charge is 0.464 e. The van der Waals surface area contributed by atoms with Crippen molar-refractivity contribution in [2.24, 2.45) is 5.92 Å². The highest BCUT2D eigenvalue weighted by Crippen LogP contribution is 2.27. The lowest BCUT2D eigenvalue weighted by molar-refractivity contribution is -0.151. The van der Waals surface area contributed by atoms with Gasteiger partial charge >= 0.3 is 5.97 Å². The molecule has 0 heterocycles. The van der Waals surface area contributed by atoms with Crippen LogP contribution in [0.2, 0.25) is 0 Å². The zero-order valence-electron chi connectivity index (χ0n) is 9.29. The number of hydrogen-bond donors (Lipinski definition) is 0. The predicted molar refractivity (Wildman–Crippen MR) is 56.1 cm³/mol. The second-order valence-electron chi connectivity index (χ2n) is 3.82. The predicted octanol–water partition coefficient (Wildman–Crippen LogP) is 1.67. The van der Waals surface area contributed by atoms with Crippen molar-refractivity contribution < 1.29 is 9.53 Å². The molecule has 0 unspecified atom stereocenters. The first-order valence-corrected chi connectivity index (χ1v) is 5.66. The molecule has 1 saturated carbocycles. The molecule has 1 fully saturated rings. The molecule has 0 bridgehead atoms. The zero-order chi connectivity index (χ0) is 10.4. The van der Waals surface area contributed by atoms with Crippen LogP contribution in [-0.2, 0) is 9.53 Å². The van der Waals surface area contributed by atoms with Crippen molar-refractivity contribution in [1.29, 1.82) is 0 Å². The Hall–Kier alpha value is -0.570. The lowest BCUT2D eigenvalue weighted by Gasteiger charge is -2.24. The van der Waals surface area contributed by atoms with Gasteiger partial charge in [0.1, 0.15) is 6.61 Å². The van der Waals surface area contributed by atoms with Gasteiger partial charge in [0.2, 0.25) is 0 Å². The zero-order valence-corrected chi connectivity index (χ0v) is 9.29. The lowest BCUT2D eigenvalue weighted by Crippen LogP contribution is -2.30. The number of esters is 1. The van der Waals surface area contributed by atoms with Crippen LogP contribution in [0.3, 0.4) is 0 Å². The van der Waals surface area contributed by atoms with Gasteiger partial charge in [-0.3, -0.25) is 4.79 Å². The van der Waals surface area contributed by atoms with E-state index in [1.165, 1.54) is 6.42 Å². The molecule has 1 rings (SSSR count). The molecule has 0 N–H and O–H groups in total. The molecular weight excluding hydrogens is 178 g/mol. The normalized spacial score (nSPS) is 16.8. The summed E-state index contributed by atoms with van der Waals surface area (Å²) in [6.45, 7) is 7.71. The van der Waals surface area contributed by atoms with Crippen LogP contribution in [-0.4, -0.2) is 37.1 Å². The Kier molecular flexibility index (Phi) is 4.94. The monoisotopic (exact) mass is 199 g/mol. The van der Waals surface area contributed by atoms with Crippen LogP contribution in [0.25, 0.3) is 0 Å². The Balaban J connectivity index is 2.04. The third-order valence-electron chi connectivity index (χ3n) is 2.98. The number of carbonyl (C=O) groups is 1. The van der Waals surface area contributed by atoms with Crippen molar-refractivity contribution in [2.45, 2.75) is 33.1 Å². The van der Waals surface area contributed by atoms with Gasteiger partial charge < -0.3 is 9.64 Å². The van der Waals surface area contributed by atoms with E-state index in [1.54, 1.807) is 0 Å². The molecule has 14 heavy (non-hydrogen) atoms. The molecule has 1 aliphatic carbocycles. The average molecular weight is 199 g/mol. The van der Waals surface area contributed by atoms with Gasteiger partial charge in [-0.2, -0.15) is 0 Å². The Morgan fingerprint density at radius 3 is 2.43 bits per heavy atom. The van der Waals surface area contributed by atoms with Gasteiger partial charge in [0.15, 0.2) is 0 Å². The molecule has 0 aromatic heterocycles. The van der Waals surface area contributed by atoms with Crippen LogP contribution in [0.5, 0.6) is 0 Å². The summed E-state index contributed by atoms with van der Waals surface area (Å²) in [5, 5.41) is 0. The first-order valence-electron chi connectivity index (χ1n) is 5.66. The molecule has 0 radical (unpaired) electrons. The van der Waals surface area contributed by atoms with Crippen LogP contribution >= 0.6 is 0 Å². The molecule has 1 aliphatic rings. The minimum atomic E-state index is 0.0170. The molecule has 0 aliphatic heterocycles. The Bertz CT molecular complexity index is 174. The summed E-state index contributed by atoms with van der Waals surface area (Å²) in [5.74, 6) is 0.232. The molecule has 82 valence electrons. The number of nitrogens with zero attached hydrogens (tertiary/aromatic N) is 1. The van der Waals surface area contributed by atoms with E-state index in [1.807, 2.05) is 0 Å². The number of ether oxygens (including phenoxy) is 1. The van der Waals surface area contributed by atoms with E-state index in [4.69, 9.17) is 4.74 Å². The fourth-order valence-corrected chi connectivity index (χ4v) is 1.58. The van der Waals surface area contributed by atoms with Crippen molar-refractivity contribution in [3.05, 3.63) is 0 Å². The lowest BCUT2D eigenvalue weighted by atomic mass is 9.86. The van der Waals surface area contributed by atoms with Gasteiger partial charge in [-0.25, -0.2) is 0 Å². The highest BCUT2D eigenvalue weighted by atomic mass is 16.5. The second-order valence-corrected chi connectivity index (χ2v) is 3.82. The fraction of sp³-hybridized carbons (Fsp3) is 0.909. The van der Waals surface area contributed by atoms with Crippen molar-refractivity contribution >= 4 is 5.97 Å². The highest BCUT2D eigenvalue weighted by molar-refractivity contribution is 5.73. The Labute approximate surface area is 86.4 Å². The molecule has 0 spiro atoms. The maximum absolute atomic E-state index is 11.3. The SMILES string of the molecule is CCN(CC)CCOC(=O)C1CCC1. The van der Waals surface area contributed by atoms with Crippen LogP contribution < -0.4 is 0 Å². The summed E-state index contributed by atoms with van der Waals surface area (Å²) >= 11 is 0. The molecule has 3 heteroatoms. The maximum Gasteiger partial charge on any atom is 0.308 e. The van der Waals surface area contributed by atoms with Gasteiger partial charge in [-0.15, -0.1) is 0 Å². The molecule has 3 nitrogen and oxygen atoms in total. The number of hydrogen-bond acceptors (Lipinski definition) is 3. The first-order chi connectivity index (χ1) is 6.77. The van der Waals surface area contributed by atoms with Gasteiger partial charge in [0, 0.05) is 6.54 Å². The average Bonchev–Trinajstić information content (AvgIpc) is 2.09. The third-order valence-corrected chi connectivity index (χ3v) is 2.98. The molecule has 0 atom stereocenters. The van der Waals surface area contributed by atoms with E-state index in [0.29, 0.717) is 6.61 Å². The van der Waals surface area contributed by atoms with E-state index in [-0.39, 0.29) is 11.9 Å². The first kappa shape index (κ1) is 11.5. The van der Waals surface area contributed by atoms with Gasteiger partial charge in [-0.1, -0.05) is 20.3 Å². The molecule has 0 saturated heterocycles. The van der Waals surface area contributed by atoms with Crippen molar-refractivity contribution in [3.63, 3.8) is 0 Å². The third kappa shape index (κ3) is 3.29. The van der Waals surface area contributed by atoms with E-state index in [0.717, 1.165) is 32.5 Å². The van der Waals surface area contributed by atoms with Crippen LogP contribution in [0.15, 0.2) is 0 Å². The minimum absolute atomic E-state index is 0.0170. The molecular formula is C11H21NO2. The highest BCUT2D eigenvalue weighted by Gasteiger charge is 2.26. The summed E-state index contributed by atoms with van der Waals surface area (Å²) in [4.78, 5) is 13.6. The van der Waals surface area contributed by atoms with E-state index in [2.05, 4.69) is 18.7 Å². The maximum atomic E-state index is 11.3. The summed E-state index contributed by atoms with van der Waals surface area (Å²) < 4.78 is 5.20. The van der Waals surface area contributed by atoms with E-state index < -0.39 is 0 Å². The molecule has 0 aromatic carbocycles. The molecule has 0 aromatic rings. The quantitative estimate of drug-likeness (QED) is 0.609. The minimum Gasteiger partial charge on any atom is -0.464 e. The van der Waals surface area contributed by atoms with Gasteiger partial charge in [0.25, 0.3) is 0 Å². The Morgan fingerprint density at radius 2 is 2.00 bits per heavy atom. The van der Waals surface area contributed by atoms with Gasteiger partial charge in [0.05, 0.1) is 5.92 Å². The van der Waals surface area contributed by atoms with Crippen LogP contribution in [0, 0.1) is 5.92 Å². The summed E-state index contributed by atoms with van der Waals surface area (Å²) in [5.41, 5.74) is 0. The van der Waals surface area contributed by atoms with Crippen molar-refractivity contribution in [1.82, 2.24) is 4.90 Å². The van der Waals surface area contributed by atoms with Crippen molar-refractivity contribution in [2.75, 3.05) is 26.2 Å². The van der Waals surface area contributed by atoms with E-state index in [9.17, 15) is 4.79 Å². The summed E-state index contributed by atoms with van der Waals surface area (Å²) in [6.07, 6.45) is 3.25. The Morgan fingerprint density at radius 1 is 1.36 bits per heavy atom. The van der Waals surface area contributed by atoms with E-state index >= 15 is 0 Å². The smallest absolute Gasteiger partial charge is 0.308 e.